The van der Waals surface area contributed by atoms with Crippen LogP contribution in [0.4, 0.5) is 0 Å². The summed E-state index contributed by atoms with van der Waals surface area (Å²) in [5.41, 5.74) is 1.16. The molecule has 0 unspecified atom stereocenters. The maximum atomic E-state index is 11.5. The van der Waals surface area contributed by atoms with Gasteiger partial charge in [0.15, 0.2) is 17.6 Å². The minimum absolute atomic E-state index is 0.513. The van der Waals surface area contributed by atoms with Crippen molar-refractivity contribution in [1.82, 2.24) is 9.55 Å². The molecule has 6 heteroatoms. The molecule has 0 saturated heterocycles. The Hall–Kier alpha value is -1.43. The minimum Gasteiger partial charge on any atom is -0.710 e. The summed E-state index contributed by atoms with van der Waals surface area (Å²) in [4.78, 5) is 4.07. The van der Waals surface area contributed by atoms with Crippen molar-refractivity contribution in [3.63, 3.8) is 0 Å². The number of imidazole rings is 1. The van der Waals surface area contributed by atoms with Crippen molar-refractivity contribution in [2.75, 3.05) is 6.26 Å². The quantitative estimate of drug-likeness (QED) is 0.420. The molecule has 0 radical (unpaired) electrons. The summed E-state index contributed by atoms with van der Waals surface area (Å²) in [6.07, 6.45) is 4.78. The molecule has 0 amide bonds. The summed E-state index contributed by atoms with van der Waals surface area (Å²) >= 11 is 1.19. The Morgan fingerprint density at radius 1 is 1.64 bits per heavy atom. The Kier molecular flexibility index (Phi) is 2.20. The van der Waals surface area contributed by atoms with E-state index in [1.165, 1.54) is 18.2 Å². The second-order valence-corrected chi connectivity index (χ2v) is 3.32. The summed E-state index contributed by atoms with van der Waals surface area (Å²) < 4.78 is 7.58. The molecule has 0 aliphatic heterocycles. The zero-order valence-corrected chi connectivity index (χ0v) is 8.61. The highest BCUT2D eigenvalue weighted by molar-refractivity contribution is 7.94. The van der Waals surface area contributed by atoms with E-state index in [0.717, 1.165) is 4.73 Å². The standard InChI is InChI=1S/C8H9N3O2S/c1-10-5-9-7-3-6(13-14-2)4-11(12)8(7)10/h3-5H,1-2H3. The van der Waals surface area contributed by atoms with Gasteiger partial charge in [0.25, 0.3) is 0 Å². The van der Waals surface area contributed by atoms with Crippen LogP contribution in [0.15, 0.2) is 18.6 Å². The van der Waals surface area contributed by atoms with Gasteiger partial charge >= 0.3 is 5.65 Å². The predicted molar refractivity (Wildman–Crippen MR) is 53.8 cm³/mol. The third kappa shape index (κ3) is 1.37. The Morgan fingerprint density at radius 3 is 3.14 bits per heavy atom. The summed E-state index contributed by atoms with van der Waals surface area (Å²) in [5, 5.41) is 11.5. The number of pyridine rings is 1. The van der Waals surface area contributed by atoms with Crippen LogP contribution < -0.4 is 8.91 Å². The fraction of sp³-hybridized carbons (Fsp3) is 0.250. The van der Waals surface area contributed by atoms with E-state index in [2.05, 4.69) is 4.98 Å². The molecule has 0 aromatic carbocycles. The maximum absolute atomic E-state index is 11.5. The van der Waals surface area contributed by atoms with Crippen LogP contribution >= 0.6 is 12.0 Å². The van der Waals surface area contributed by atoms with Crippen molar-refractivity contribution in [2.45, 2.75) is 0 Å². The highest BCUT2D eigenvalue weighted by atomic mass is 32.2. The molecule has 0 N–H and O–H groups in total. The Morgan fingerprint density at radius 2 is 2.43 bits per heavy atom. The first-order chi connectivity index (χ1) is 6.72. The number of aromatic nitrogens is 3. The molecule has 2 heterocycles. The van der Waals surface area contributed by atoms with Gasteiger partial charge in [0.05, 0.1) is 19.1 Å². The highest BCUT2D eigenvalue weighted by Crippen LogP contribution is 2.17. The number of nitrogens with zero attached hydrogens (tertiary/aromatic N) is 3. The summed E-state index contributed by atoms with van der Waals surface area (Å²) in [6, 6.07) is 1.74. The highest BCUT2D eigenvalue weighted by Gasteiger charge is 2.11. The van der Waals surface area contributed by atoms with Crippen LogP contribution in [0.25, 0.3) is 11.2 Å². The molecule has 2 aromatic rings. The smallest absolute Gasteiger partial charge is 0.312 e. The molecule has 0 fully saturated rings. The lowest BCUT2D eigenvalue weighted by atomic mass is 10.4. The molecule has 5 nitrogen and oxygen atoms in total. The lowest BCUT2D eigenvalue weighted by Gasteiger charge is -2.05. The summed E-state index contributed by atoms with van der Waals surface area (Å²) in [6.45, 7) is 0. The van der Waals surface area contributed by atoms with Crippen molar-refractivity contribution >= 4 is 23.2 Å². The molecule has 14 heavy (non-hydrogen) atoms. The molecule has 74 valence electrons. The van der Waals surface area contributed by atoms with E-state index in [1.54, 1.807) is 30.3 Å². The zero-order valence-electron chi connectivity index (χ0n) is 7.80. The fourth-order valence-electron chi connectivity index (χ4n) is 1.30. The molecule has 2 rings (SSSR count). The van der Waals surface area contributed by atoms with E-state index in [1.807, 2.05) is 0 Å². The molecular weight excluding hydrogens is 202 g/mol. The van der Waals surface area contributed by atoms with Crippen LogP contribution in [-0.4, -0.2) is 15.8 Å². The molecule has 2 aromatic heterocycles. The van der Waals surface area contributed by atoms with Crippen LogP contribution in [0.1, 0.15) is 0 Å². The maximum Gasteiger partial charge on any atom is 0.312 e. The predicted octanol–water partition coefficient (Wildman–Crippen LogP) is 0.863. The number of fused-ring (bicyclic) bond motifs is 1. The Balaban J connectivity index is 2.62. The van der Waals surface area contributed by atoms with Crippen molar-refractivity contribution in [1.29, 1.82) is 0 Å². The van der Waals surface area contributed by atoms with Gasteiger partial charge in [-0.05, 0) is 0 Å². The molecule has 0 spiro atoms. The van der Waals surface area contributed by atoms with Crippen LogP contribution in [0, 0.1) is 5.21 Å². The SMILES string of the molecule is CSOc1cc2ncn(C)c2[n+]([O-])c1. The molecular formula is C8H9N3O2S. The van der Waals surface area contributed by atoms with Gasteiger partial charge in [0.1, 0.15) is 6.20 Å². The zero-order chi connectivity index (χ0) is 10.1. The van der Waals surface area contributed by atoms with Crippen molar-refractivity contribution < 1.29 is 8.91 Å². The van der Waals surface area contributed by atoms with Gasteiger partial charge < -0.3 is 9.39 Å². The van der Waals surface area contributed by atoms with Gasteiger partial charge in [-0.15, -0.1) is 0 Å². The monoisotopic (exact) mass is 211 g/mol. The van der Waals surface area contributed by atoms with E-state index in [4.69, 9.17) is 4.18 Å². The summed E-state index contributed by atoms with van der Waals surface area (Å²) in [5.74, 6) is 0.513. The van der Waals surface area contributed by atoms with E-state index < -0.39 is 0 Å². The molecule has 0 aliphatic carbocycles. The lowest BCUT2D eigenvalue weighted by Crippen LogP contribution is -2.28. The number of hydrogen-bond donors (Lipinski definition) is 0. The first-order valence-corrected chi connectivity index (χ1v) is 5.12. The average Bonchev–Trinajstić information content (AvgIpc) is 2.48. The van der Waals surface area contributed by atoms with Gasteiger partial charge in [-0.25, -0.2) is 14.3 Å². The fourth-order valence-corrected chi connectivity index (χ4v) is 1.59. The van der Waals surface area contributed by atoms with Gasteiger partial charge in [-0.1, -0.05) is 0 Å². The minimum atomic E-state index is 0.513. The molecule has 0 bridgehead atoms. The second-order valence-electron chi connectivity index (χ2n) is 2.82. The first-order valence-electron chi connectivity index (χ1n) is 3.97. The molecule has 0 atom stereocenters. The first kappa shape index (κ1) is 9.14. The second kappa shape index (κ2) is 3.38. The third-order valence-corrected chi connectivity index (χ3v) is 2.20. The van der Waals surface area contributed by atoms with Crippen molar-refractivity contribution in [2.24, 2.45) is 7.05 Å². The van der Waals surface area contributed by atoms with E-state index in [-0.39, 0.29) is 0 Å². The van der Waals surface area contributed by atoms with Crippen molar-refractivity contribution in [3.8, 4) is 5.75 Å². The number of aryl methyl sites for hydroxylation is 1. The van der Waals surface area contributed by atoms with E-state index in [9.17, 15) is 5.21 Å². The average molecular weight is 211 g/mol. The van der Waals surface area contributed by atoms with Gasteiger partial charge in [0.2, 0.25) is 0 Å². The van der Waals surface area contributed by atoms with Gasteiger partial charge in [0, 0.05) is 12.3 Å². The van der Waals surface area contributed by atoms with Gasteiger partial charge in [-0.3, -0.25) is 0 Å². The van der Waals surface area contributed by atoms with Gasteiger partial charge in [-0.2, -0.15) is 0 Å². The molecule has 0 saturated carbocycles. The molecule has 0 aliphatic rings. The van der Waals surface area contributed by atoms with E-state index >= 15 is 0 Å². The van der Waals surface area contributed by atoms with E-state index in [0.29, 0.717) is 16.9 Å². The topological polar surface area (TPSA) is 54.0 Å². The van der Waals surface area contributed by atoms with Crippen LogP contribution in [0.2, 0.25) is 0 Å². The van der Waals surface area contributed by atoms with Crippen LogP contribution in [-0.2, 0) is 7.05 Å². The van der Waals surface area contributed by atoms with Crippen LogP contribution in [0.5, 0.6) is 5.75 Å². The number of rotatable bonds is 2. The lowest BCUT2D eigenvalue weighted by molar-refractivity contribution is -0.580. The van der Waals surface area contributed by atoms with Crippen LogP contribution in [0.3, 0.4) is 0 Å². The normalized spacial score (nSPS) is 10.7. The summed E-state index contributed by atoms with van der Waals surface area (Å²) in [7, 11) is 1.78. The van der Waals surface area contributed by atoms with Crippen molar-refractivity contribution in [3.05, 3.63) is 23.8 Å². The largest absolute Gasteiger partial charge is 0.710 e. The Bertz CT molecular complexity index is 469. The number of hydrogen-bond acceptors (Lipinski definition) is 4. The third-order valence-electron chi connectivity index (χ3n) is 1.84. The Labute approximate surface area is 85.1 Å².